The molecule has 0 heteroatoms. The van der Waals surface area contributed by atoms with Crippen LogP contribution in [0.3, 0.4) is 0 Å². The zero-order chi connectivity index (χ0) is 8.53. The van der Waals surface area contributed by atoms with Crippen molar-refractivity contribution in [3.8, 4) is 0 Å². The molecule has 0 aliphatic carbocycles. The fourth-order valence-electron chi connectivity index (χ4n) is 1.11. The van der Waals surface area contributed by atoms with Crippen LogP contribution >= 0.6 is 0 Å². The Morgan fingerprint density at radius 2 is 1.91 bits per heavy atom. The smallest absolute Gasteiger partial charge is 0.0316 e. The Balaban J connectivity index is 2.91. The first-order chi connectivity index (χ1) is 5.27. The molecule has 11 heavy (non-hydrogen) atoms. The number of hydrogen-bond donors (Lipinski definition) is 0. The van der Waals surface area contributed by atoms with Crippen molar-refractivity contribution >= 4 is 0 Å². The molecule has 65 valence electrons. The minimum atomic E-state index is 0.874. The van der Waals surface area contributed by atoms with Gasteiger partial charge in [-0.1, -0.05) is 45.3 Å². The van der Waals surface area contributed by atoms with Crippen molar-refractivity contribution in [3.05, 3.63) is 19.1 Å². The molecule has 0 aromatic heterocycles. The zero-order valence-corrected chi connectivity index (χ0v) is 7.97. The molecule has 0 spiro atoms. The Labute approximate surface area is 71.7 Å². The van der Waals surface area contributed by atoms with Crippen molar-refractivity contribution < 1.29 is 0 Å². The molecule has 1 radical (unpaired) electrons. The van der Waals surface area contributed by atoms with Gasteiger partial charge in [-0.3, -0.25) is 0 Å². The second kappa shape index (κ2) is 7.84. The Kier molecular flexibility index (Phi) is 7.66. The zero-order valence-electron chi connectivity index (χ0n) is 7.97. The average molecular weight is 153 g/mol. The van der Waals surface area contributed by atoms with Crippen molar-refractivity contribution in [1.29, 1.82) is 0 Å². The highest BCUT2D eigenvalue weighted by Crippen LogP contribution is 2.09. The summed E-state index contributed by atoms with van der Waals surface area (Å²) in [5.74, 6) is 0.874. The monoisotopic (exact) mass is 153 g/mol. The van der Waals surface area contributed by atoms with Gasteiger partial charge in [0.15, 0.2) is 0 Å². The van der Waals surface area contributed by atoms with Gasteiger partial charge in [-0.15, -0.1) is 0 Å². The van der Waals surface area contributed by atoms with E-state index < -0.39 is 0 Å². The van der Waals surface area contributed by atoms with Gasteiger partial charge >= 0.3 is 0 Å². The second-order valence-electron chi connectivity index (χ2n) is 3.50. The van der Waals surface area contributed by atoms with Gasteiger partial charge in [0.05, 0.1) is 0 Å². The van der Waals surface area contributed by atoms with E-state index in [0.29, 0.717) is 0 Å². The normalized spacial score (nSPS) is 11.6. The minimum Gasteiger partial charge on any atom is -0.0885 e. The van der Waals surface area contributed by atoms with Crippen molar-refractivity contribution in [2.45, 2.75) is 46.0 Å². The molecule has 0 aromatic rings. The van der Waals surface area contributed by atoms with Gasteiger partial charge in [-0.05, 0) is 25.7 Å². The highest BCUT2D eigenvalue weighted by molar-refractivity contribution is 4.83. The van der Waals surface area contributed by atoms with Crippen LogP contribution in [0.4, 0.5) is 0 Å². The van der Waals surface area contributed by atoms with Crippen LogP contribution in [0.15, 0.2) is 12.2 Å². The maximum Gasteiger partial charge on any atom is -0.0316 e. The topological polar surface area (TPSA) is 0 Å². The summed E-state index contributed by atoms with van der Waals surface area (Å²) in [5.41, 5.74) is 0. The maximum atomic E-state index is 3.65. The van der Waals surface area contributed by atoms with Gasteiger partial charge in [-0.2, -0.15) is 0 Å². The van der Waals surface area contributed by atoms with Crippen molar-refractivity contribution in [3.63, 3.8) is 0 Å². The first-order valence-corrected chi connectivity index (χ1v) is 4.71. The van der Waals surface area contributed by atoms with Gasteiger partial charge in [0.1, 0.15) is 0 Å². The standard InChI is InChI=1S/C11H21/c1-4-5-6-7-8-9-10-11(2)3/h4-5,11H,1,6-10H2,2-3H3/b5-4+. The van der Waals surface area contributed by atoms with E-state index in [1.54, 1.807) is 0 Å². The Morgan fingerprint density at radius 1 is 1.18 bits per heavy atom. The summed E-state index contributed by atoms with van der Waals surface area (Å²) in [5, 5.41) is 0. The maximum absolute atomic E-state index is 3.65. The van der Waals surface area contributed by atoms with E-state index >= 15 is 0 Å². The first-order valence-electron chi connectivity index (χ1n) is 4.71. The molecule has 0 aliphatic rings. The summed E-state index contributed by atoms with van der Waals surface area (Å²) in [6.45, 7) is 8.23. The largest absolute Gasteiger partial charge is 0.0885 e. The third kappa shape index (κ3) is 9.74. The third-order valence-corrected chi connectivity index (χ3v) is 1.82. The van der Waals surface area contributed by atoms with E-state index in [4.69, 9.17) is 0 Å². The summed E-state index contributed by atoms with van der Waals surface area (Å²) >= 11 is 0. The highest BCUT2D eigenvalue weighted by atomic mass is 14.0. The fraction of sp³-hybridized carbons (Fsp3) is 0.727. The fourth-order valence-corrected chi connectivity index (χ4v) is 1.11. The number of unbranched alkanes of at least 4 members (excludes halogenated alkanes) is 3. The van der Waals surface area contributed by atoms with Gasteiger partial charge in [0.25, 0.3) is 0 Å². The lowest BCUT2D eigenvalue weighted by Crippen LogP contribution is -1.86. The van der Waals surface area contributed by atoms with Gasteiger partial charge in [-0.25, -0.2) is 0 Å². The Bertz CT molecular complexity index is 90.2. The molecule has 0 saturated heterocycles. The SMILES string of the molecule is [CH2]/C=C/CCCCCC(C)C. The minimum absolute atomic E-state index is 0.874. The predicted molar refractivity (Wildman–Crippen MR) is 52.4 cm³/mol. The van der Waals surface area contributed by atoms with Gasteiger partial charge in [0.2, 0.25) is 0 Å². The highest BCUT2D eigenvalue weighted by Gasteiger charge is 1.92. The summed E-state index contributed by atoms with van der Waals surface area (Å²) in [6, 6.07) is 0. The second-order valence-corrected chi connectivity index (χ2v) is 3.50. The van der Waals surface area contributed by atoms with Crippen LogP contribution in [-0.4, -0.2) is 0 Å². The molecule has 0 rings (SSSR count). The number of hydrogen-bond acceptors (Lipinski definition) is 0. The number of allylic oxidation sites excluding steroid dienone is 2. The molecular weight excluding hydrogens is 132 g/mol. The Hall–Kier alpha value is -0.260. The van der Waals surface area contributed by atoms with Gasteiger partial charge in [0, 0.05) is 0 Å². The van der Waals surface area contributed by atoms with Crippen LogP contribution in [0.2, 0.25) is 0 Å². The van der Waals surface area contributed by atoms with Gasteiger partial charge < -0.3 is 0 Å². The molecule has 0 bridgehead atoms. The van der Waals surface area contributed by atoms with Crippen LogP contribution in [0, 0.1) is 12.8 Å². The molecule has 0 N–H and O–H groups in total. The molecule has 0 aromatic carbocycles. The summed E-state index contributed by atoms with van der Waals surface area (Å²) in [6.07, 6.45) is 10.7. The lowest BCUT2D eigenvalue weighted by atomic mass is 10.0. The van der Waals surface area contributed by atoms with E-state index in [1.165, 1.54) is 32.1 Å². The van der Waals surface area contributed by atoms with Crippen molar-refractivity contribution in [2.24, 2.45) is 5.92 Å². The van der Waals surface area contributed by atoms with Crippen LogP contribution in [0.5, 0.6) is 0 Å². The summed E-state index contributed by atoms with van der Waals surface area (Å²) in [7, 11) is 0. The lowest BCUT2D eigenvalue weighted by molar-refractivity contribution is 0.528. The van der Waals surface area contributed by atoms with Crippen molar-refractivity contribution in [1.82, 2.24) is 0 Å². The van der Waals surface area contributed by atoms with E-state index in [-0.39, 0.29) is 0 Å². The molecule has 0 heterocycles. The average Bonchev–Trinajstić information content (AvgIpc) is 1.96. The molecule has 0 fully saturated rings. The first kappa shape index (κ1) is 10.7. The molecule has 0 amide bonds. The molecule has 0 unspecified atom stereocenters. The molecule has 0 saturated carbocycles. The Morgan fingerprint density at radius 3 is 2.45 bits per heavy atom. The van der Waals surface area contributed by atoms with E-state index in [2.05, 4.69) is 26.8 Å². The van der Waals surface area contributed by atoms with Crippen LogP contribution in [0.1, 0.15) is 46.0 Å². The van der Waals surface area contributed by atoms with E-state index in [1.807, 2.05) is 6.08 Å². The predicted octanol–water partition coefficient (Wildman–Crippen LogP) is 3.98. The summed E-state index contributed by atoms with van der Waals surface area (Å²) < 4.78 is 0. The van der Waals surface area contributed by atoms with E-state index in [9.17, 15) is 0 Å². The lowest BCUT2D eigenvalue weighted by Gasteiger charge is -2.02. The molecular formula is C11H21. The molecule has 0 atom stereocenters. The third-order valence-electron chi connectivity index (χ3n) is 1.82. The van der Waals surface area contributed by atoms with Crippen LogP contribution in [0.25, 0.3) is 0 Å². The molecule has 0 aliphatic heterocycles. The quantitative estimate of drug-likeness (QED) is 0.506. The number of rotatable bonds is 6. The van der Waals surface area contributed by atoms with E-state index in [0.717, 1.165) is 5.92 Å². The van der Waals surface area contributed by atoms with Crippen molar-refractivity contribution in [2.75, 3.05) is 0 Å². The van der Waals surface area contributed by atoms with Crippen LogP contribution in [-0.2, 0) is 0 Å². The van der Waals surface area contributed by atoms with Crippen LogP contribution < -0.4 is 0 Å². The summed E-state index contributed by atoms with van der Waals surface area (Å²) in [4.78, 5) is 0. The molecule has 0 nitrogen and oxygen atoms in total.